The van der Waals surface area contributed by atoms with E-state index in [4.69, 9.17) is 10.5 Å². The molecule has 8 heteroatoms. The Balaban J connectivity index is 3.51. The maximum atomic E-state index is 8.01. The van der Waals surface area contributed by atoms with E-state index in [-0.39, 0.29) is 6.61 Å². The molecule has 0 unspecified atom stereocenters. The highest BCUT2D eigenvalue weighted by molar-refractivity contribution is 9.09. The summed E-state index contributed by atoms with van der Waals surface area (Å²) in [4.78, 5) is 8.79. The Morgan fingerprint density at radius 3 is 2.25 bits per heavy atom. The van der Waals surface area contributed by atoms with Gasteiger partial charge in [0.05, 0.1) is 6.61 Å². The lowest BCUT2D eigenvalue weighted by molar-refractivity contribution is -0.229. The molecule has 6 nitrogen and oxygen atoms in total. The average molecular weight is 235 g/mol. The summed E-state index contributed by atoms with van der Waals surface area (Å²) < 4.78 is 8.25. The Kier molecular flexibility index (Phi) is 7.50. The first kappa shape index (κ1) is 11.0. The highest BCUT2D eigenvalue weighted by Gasteiger charge is 2.28. The average Bonchev–Trinajstić information content (AvgIpc) is 2.06. The number of hydrogen-bond acceptors (Lipinski definition) is 6. The molecule has 0 N–H and O–H groups in total. The molecular weight excluding hydrogens is 231 g/mol. The zero-order valence-corrected chi connectivity index (χ0v) is 7.48. The first-order chi connectivity index (χ1) is 5.85. The summed E-state index contributed by atoms with van der Waals surface area (Å²) in [5.74, 6) is 0. The van der Waals surface area contributed by atoms with E-state index in [1.165, 1.54) is 12.5 Å². The van der Waals surface area contributed by atoms with Gasteiger partial charge in [-0.2, -0.15) is 10.5 Å². The standard InChI is InChI=1S/C4H4BBrN2O4/c6-1-2-11-12-5(9-3-7)10-4-8/h1-2H2. The summed E-state index contributed by atoms with van der Waals surface area (Å²) in [5.41, 5.74) is 0. The molecule has 0 aliphatic heterocycles. The van der Waals surface area contributed by atoms with Gasteiger partial charge < -0.3 is 9.31 Å². The van der Waals surface area contributed by atoms with Gasteiger partial charge in [0.1, 0.15) is 0 Å². The van der Waals surface area contributed by atoms with E-state index in [9.17, 15) is 0 Å². The number of rotatable bonds is 6. The minimum atomic E-state index is -1.43. The molecule has 0 rings (SSSR count). The number of alkyl halides is 1. The molecule has 0 aliphatic carbocycles. The van der Waals surface area contributed by atoms with E-state index in [0.29, 0.717) is 5.33 Å². The normalized spacial score (nSPS) is 7.92. The van der Waals surface area contributed by atoms with Gasteiger partial charge in [-0.05, 0) is 0 Å². The first-order valence-corrected chi connectivity index (χ1v) is 3.91. The lowest BCUT2D eigenvalue weighted by atomic mass is 10.2. The van der Waals surface area contributed by atoms with Crippen molar-refractivity contribution in [2.24, 2.45) is 0 Å². The highest BCUT2D eigenvalue weighted by Crippen LogP contribution is 1.92. The van der Waals surface area contributed by atoms with Crippen molar-refractivity contribution in [3.8, 4) is 12.5 Å². The fourth-order valence-corrected chi connectivity index (χ4v) is 0.417. The van der Waals surface area contributed by atoms with Crippen molar-refractivity contribution < 1.29 is 19.0 Å². The quantitative estimate of drug-likeness (QED) is 0.164. The summed E-state index contributed by atoms with van der Waals surface area (Å²) in [6.45, 7) is 0.250. The fraction of sp³-hybridized carbons (Fsp3) is 0.500. The molecule has 0 amide bonds. The molecule has 0 atom stereocenters. The predicted octanol–water partition coefficient (Wildman–Crippen LogP) is 0.310. The van der Waals surface area contributed by atoms with Gasteiger partial charge in [0, 0.05) is 5.33 Å². The zero-order valence-electron chi connectivity index (χ0n) is 5.90. The van der Waals surface area contributed by atoms with Crippen molar-refractivity contribution in [2.45, 2.75) is 0 Å². The largest absolute Gasteiger partial charge is 0.837 e. The van der Waals surface area contributed by atoms with Crippen LogP contribution in [-0.4, -0.2) is 19.3 Å². The molecular formula is C4H4BBrN2O4. The topological polar surface area (TPSA) is 84.5 Å². The molecule has 12 heavy (non-hydrogen) atoms. The number of hydrogen-bond donors (Lipinski definition) is 0. The van der Waals surface area contributed by atoms with Gasteiger partial charge in [-0.3, -0.25) is 0 Å². The van der Waals surface area contributed by atoms with Crippen LogP contribution in [0.1, 0.15) is 0 Å². The van der Waals surface area contributed by atoms with Crippen LogP contribution in [0.3, 0.4) is 0 Å². The molecule has 0 saturated carbocycles. The third-order valence-corrected chi connectivity index (χ3v) is 0.929. The van der Waals surface area contributed by atoms with E-state index < -0.39 is 7.32 Å². The maximum Gasteiger partial charge on any atom is 0.837 e. The van der Waals surface area contributed by atoms with Gasteiger partial charge >= 0.3 is 7.32 Å². The molecule has 0 spiro atoms. The molecule has 0 aromatic rings. The second kappa shape index (κ2) is 8.14. The van der Waals surface area contributed by atoms with Gasteiger partial charge in [-0.15, -0.1) is 0 Å². The predicted molar refractivity (Wildman–Crippen MR) is 40.0 cm³/mol. The maximum absolute atomic E-state index is 8.01. The second-order valence-electron chi connectivity index (χ2n) is 1.31. The fourth-order valence-electron chi connectivity index (χ4n) is 0.285. The lowest BCUT2D eigenvalue weighted by Crippen LogP contribution is -2.23. The van der Waals surface area contributed by atoms with E-state index >= 15 is 0 Å². The van der Waals surface area contributed by atoms with Crippen LogP contribution in [0.2, 0.25) is 0 Å². The number of nitriles is 2. The van der Waals surface area contributed by atoms with Crippen molar-refractivity contribution in [1.82, 2.24) is 0 Å². The van der Waals surface area contributed by atoms with Crippen LogP contribution < -0.4 is 0 Å². The summed E-state index contributed by atoms with van der Waals surface area (Å²) in [5, 5.41) is 16.6. The van der Waals surface area contributed by atoms with Crippen LogP contribution in [0.15, 0.2) is 0 Å². The van der Waals surface area contributed by atoms with Crippen molar-refractivity contribution in [3.63, 3.8) is 0 Å². The molecule has 0 aliphatic rings. The molecule has 0 aromatic carbocycles. The Hall–Kier alpha value is -0.955. The van der Waals surface area contributed by atoms with E-state index in [1.807, 2.05) is 0 Å². The molecule has 0 fully saturated rings. The van der Waals surface area contributed by atoms with Gasteiger partial charge in [0.2, 0.25) is 0 Å². The summed E-state index contributed by atoms with van der Waals surface area (Å²) in [6, 6.07) is 0. The van der Waals surface area contributed by atoms with Gasteiger partial charge in [0.15, 0.2) is 0 Å². The van der Waals surface area contributed by atoms with Crippen LogP contribution in [0, 0.1) is 23.0 Å². The second-order valence-corrected chi connectivity index (χ2v) is 2.11. The summed E-state index contributed by atoms with van der Waals surface area (Å²) in [6.07, 6.45) is 2.57. The van der Waals surface area contributed by atoms with Crippen LogP contribution in [-0.2, 0) is 19.0 Å². The van der Waals surface area contributed by atoms with Crippen molar-refractivity contribution in [3.05, 3.63) is 0 Å². The molecule has 0 saturated heterocycles. The van der Waals surface area contributed by atoms with Crippen LogP contribution in [0.5, 0.6) is 0 Å². The monoisotopic (exact) mass is 234 g/mol. The third kappa shape index (κ3) is 5.80. The van der Waals surface area contributed by atoms with E-state index in [1.54, 1.807) is 0 Å². The number of halogens is 1. The van der Waals surface area contributed by atoms with Crippen molar-refractivity contribution >= 4 is 23.3 Å². The van der Waals surface area contributed by atoms with E-state index in [0.717, 1.165) is 0 Å². The van der Waals surface area contributed by atoms with E-state index in [2.05, 4.69) is 34.9 Å². The van der Waals surface area contributed by atoms with Crippen LogP contribution >= 0.6 is 15.9 Å². The molecule has 0 aromatic heterocycles. The lowest BCUT2D eigenvalue weighted by Gasteiger charge is -2.03. The smallest absolute Gasteiger partial charge is 0.429 e. The Morgan fingerprint density at radius 2 is 1.83 bits per heavy atom. The Morgan fingerprint density at radius 1 is 1.25 bits per heavy atom. The summed E-state index contributed by atoms with van der Waals surface area (Å²) >= 11 is 3.06. The minimum absolute atomic E-state index is 0.250. The van der Waals surface area contributed by atoms with Crippen LogP contribution in [0.4, 0.5) is 0 Å². The van der Waals surface area contributed by atoms with Gasteiger partial charge in [-0.1, -0.05) is 15.9 Å². The minimum Gasteiger partial charge on any atom is -0.429 e. The Bertz CT molecular complexity index is 174. The molecule has 64 valence electrons. The molecule has 0 heterocycles. The highest BCUT2D eigenvalue weighted by atomic mass is 79.9. The first-order valence-electron chi connectivity index (χ1n) is 2.79. The van der Waals surface area contributed by atoms with Crippen molar-refractivity contribution in [1.29, 1.82) is 10.5 Å². The summed E-state index contributed by atoms with van der Waals surface area (Å²) in [7, 11) is -1.43. The molecule has 0 radical (unpaired) electrons. The third-order valence-electron chi connectivity index (χ3n) is 0.605. The Labute approximate surface area is 77.8 Å². The van der Waals surface area contributed by atoms with Crippen LogP contribution in [0.25, 0.3) is 0 Å². The zero-order chi connectivity index (χ0) is 9.23. The van der Waals surface area contributed by atoms with Gasteiger partial charge in [0.25, 0.3) is 12.5 Å². The molecule has 0 bridgehead atoms. The number of nitrogens with zero attached hydrogens (tertiary/aromatic N) is 2. The van der Waals surface area contributed by atoms with Gasteiger partial charge in [-0.25, -0.2) is 9.69 Å². The SMILES string of the molecule is N#COB(OC#N)OOCCBr. The van der Waals surface area contributed by atoms with Crippen molar-refractivity contribution in [2.75, 3.05) is 11.9 Å².